The topological polar surface area (TPSA) is 105 Å². The monoisotopic (exact) mass is 524 g/mol. The van der Waals surface area contributed by atoms with Gasteiger partial charge in [0.1, 0.15) is 11.5 Å². The van der Waals surface area contributed by atoms with Gasteiger partial charge in [0, 0.05) is 50.2 Å². The van der Waals surface area contributed by atoms with Gasteiger partial charge < -0.3 is 30.3 Å². The average molecular weight is 525 g/mol. The van der Waals surface area contributed by atoms with Crippen molar-refractivity contribution in [2.75, 3.05) is 26.8 Å². The van der Waals surface area contributed by atoms with Gasteiger partial charge in [0.2, 0.25) is 5.91 Å². The number of methoxy groups -OCH3 is 1. The van der Waals surface area contributed by atoms with Crippen molar-refractivity contribution in [1.82, 2.24) is 4.90 Å². The van der Waals surface area contributed by atoms with Gasteiger partial charge in [0.25, 0.3) is 0 Å². The van der Waals surface area contributed by atoms with E-state index in [2.05, 4.69) is 0 Å². The standard InChI is InChI=1S/C31H44N2O5/c1-22-10-3-5-13-28(22)38-29-14-6-4-12-25(29)31(36,17-7-8-19-37-2)24-11-9-18-33(21-24)30(35)23-15-16-27(34)26(32)20-23/h3-6,10,12-14,23-24,26-27,34,36H,7-9,11,15-21,32H2,1-2H3/t23?,24?,26-,27+,31-/m0/s1. The molecular weight excluding hydrogens is 480 g/mol. The second kappa shape index (κ2) is 13.1. The molecule has 208 valence electrons. The summed E-state index contributed by atoms with van der Waals surface area (Å²) in [6, 6.07) is 15.3. The number of amides is 1. The SMILES string of the molecule is COCCCC[C@@](O)(c1ccccc1Oc1ccccc1C)C1CCCN(C(=O)C2CC[C@@H](O)[C@@H](N)C2)C1. The molecule has 2 fully saturated rings. The highest BCUT2D eigenvalue weighted by Crippen LogP contribution is 2.45. The molecule has 1 heterocycles. The van der Waals surface area contributed by atoms with Gasteiger partial charge >= 0.3 is 0 Å². The molecule has 1 aliphatic heterocycles. The van der Waals surface area contributed by atoms with Gasteiger partial charge in [-0.05, 0) is 76.0 Å². The predicted octanol–water partition coefficient (Wildman–Crippen LogP) is 4.52. The van der Waals surface area contributed by atoms with Crippen LogP contribution in [-0.2, 0) is 15.1 Å². The first-order valence-corrected chi connectivity index (χ1v) is 14.1. The first kappa shape index (κ1) is 28.6. The Labute approximate surface area is 226 Å². The van der Waals surface area contributed by atoms with E-state index >= 15 is 0 Å². The molecule has 4 N–H and O–H groups in total. The van der Waals surface area contributed by atoms with Gasteiger partial charge in [0.05, 0.1) is 11.7 Å². The zero-order valence-electron chi connectivity index (χ0n) is 22.9. The number of aliphatic hydroxyl groups is 2. The number of nitrogens with zero attached hydrogens (tertiary/aromatic N) is 1. The molecule has 1 amide bonds. The number of likely N-dealkylation sites (tertiary alicyclic amines) is 1. The van der Waals surface area contributed by atoms with Crippen LogP contribution in [-0.4, -0.2) is 60.0 Å². The molecule has 1 aliphatic carbocycles. The highest BCUT2D eigenvalue weighted by Gasteiger charge is 2.44. The highest BCUT2D eigenvalue weighted by molar-refractivity contribution is 5.79. The second-order valence-electron chi connectivity index (χ2n) is 11.1. The lowest BCUT2D eigenvalue weighted by atomic mass is 9.73. The Morgan fingerprint density at radius 3 is 2.55 bits per heavy atom. The lowest BCUT2D eigenvalue weighted by molar-refractivity contribution is -0.143. The molecule has 7 heteroatoms. The van der Waals surface area contributed by atoms with Crippen LogP contribution in [0.3, 0.4) is 0 Å². The highest BCUT2D eigenvalue weighted by atomic mass is 16.5. The maximum absolute atomic E-state index is 13.5. The molecule has 38 heavy (non-hydrogen) atoms. The number of aryl methyl sites for hydroxylation is 1. The zero-order valence-corrected chi connectivity index (χ0v) is 22.9. The van der Waals surface area contributed by atoms with Gasteiger partial charge in [-0.1, -0.05) is 36.4 Å². The number of benzene rings is 2. The summed E-state index contributed by atoms with van der Waals surface area (Å²) in [4.78, 5) is 15.4. The molecular formula is C31H44N2O5. The molecule has 4 rings (SSSR count). The van der Waals surface area contributed by atoms with E-state index < -0.39 is 11.7 Å². The first-order chi connectivity index (χ1) is 18.3. The minimum absolute atomic E-state index is 0.100. The van der Waals surface area contributed by atoms with Crippen LogP contribution < -0.4 is 10.5 Å². The van der Waals surface area contributed by atoms with E-state index in [1.54, 1.807) is 7.11 Å². The third kappa shape index (κ3) is 6.57. The van der Waals surface area contributed by atoms with Crippen LogP contribution in [0.5, 0.6) is 11.5 Å². The van der Waals surface area contributed by atoms with Gasteiger partial charge in [-0.2, -0.15) is 0 Å². The Kier molecular flexibility index (Phi) is 9.82. The van der Waals surface area contributed by atoms with Crippen LogP contribution in [0.4, 0.5) is 0 Å². The Hall–Kier alpha value is -2.45. The maximum atomic E-state index is 13.5. The summed E-state index contributed by atoms with van der Waals surface area (Å²) in [7, 11) is 1.69. The number of carbonyl (C=O) groups excluding carboxylic acids is 1. The Morgan fingerprint density at radius 1 is 1.08 bits per heavy atom. The number of piperidine rings is 1. The largest absolute Gasteiger partial charge is 0.457 e. The number of aliphatic hydroxyl groups excluding tert-OH is 1. The van der Waals surface area contributed by atoms with E-state index in [1.165, 1.54) is 0 Å². The number of hydrogen-bond acceptors (Lipinski definition) is 6. The van der Waals surface area contributed by atoms with E-state index in [0.29, 0.717) is 51.1 Å². The summed E-state index contributed by atoms with van der Waals surface area (Å²) < 4.78 is 11.7. The molecule has 0 aromatic heterocycles. The molecule has 2 aromatic carbocycles. The van der Waals surface area contributed by atoms with Crippen molar-refractivity contribution in [3.8, 4) is 11.5 Å². The van der Waals surface area contributed by atoms with Crippen LogP contribution in [0.2, 0.25) is 0 Å². The summed E-state index contributed by atoms with van der Waals surface area (Å²) in [5, 5.41) is 22.5. The Morgan fingerprint density at radius 2 is 1.82 bits per heavy atom. The van der Waals surface area contributed by atoms with E-state index in [1.807, 2.05) is 60.4 Å². The summed E-state index contributed by atoms with van der Waals surface area (Å²) in [6.45, 7) is 3.83. The van der Waals surface area contributed by atoms with Gasteiger partial charge in [-0.25, -0.2) is 0 Å². The molecule has 0 radical (unpaired) electrons. The quantitative estimate of drug-likeness (QED) is 0.395. The molecule has 7 nitrogen and oxygen atoms in total. The lowest BCUT2D eigenvalue weighted by Crippen LogP contribution is -2.51. The number of rotatable bonds is 10. The van der Waals surface area contributed by atoms with Crippen molar-refractivity contribution in [3.05, 3.63) is 59.7 Å². The van der Waals surface area contributed by atoms with Crippen molar-refractivity contribution in [3.63, 3.8) is 0 Å². The molecule has 1 saturated carbocycles. The minimum atomic E-state index is -1.16. The molecule has 1 saturated heterocycles. The van der Waals surface area contributed by atoms with Crippen LogP contribution in [0, 0.1) is 18.8 Å². The zero-order chi connectivity index (χ0) is 27.1. The van der Waals surface area contributed by atoms with Crippen molar-refractivity contribution in [2.24, 2.45) is 17.6 Å². The lowest BCUT2D eigenvalue weighted by Gasteiger charge is -2.44. The minimum Gasteiger partial charge on any atom is -0.457 e. The van der Waals surface area contributed by atoms with E-state index in [-0.39, 0.29) is 23.8 Å². The fraction of sp³-hybridized carbons (Fsp3) is 0.581. The predicted molar refractivity (Wildman–Crippen MR) is 148 cm³/mol. The Bertz CT molecular complexity index is 1060. The Balaban J connectivity index is 1.60. The fourth-order valence-electron chi connectivity index (χ4n) is 6.14. The van der Waals surface area contributed by atoms with Crippen LogP contribution >= 0.6 is 0 Å². The molecule has 5 atom stereocenters. The van der Waals surface area contributed by atoms with E-state index in [0.717, 1.165) is 42.6 Å². The normalized spacial score (nSPS) is 25.6. The van der Waals surface area contributed by atoms with Crippen molar-refractivity contribution in [2.45, 2.75) is 76.0 Å². The smallest absolute Gasteiger partial charge is 0.225 e. The summed E-state index contributed by atoms with van der Waals surface area (Å²) in [5.41, 5.74) is 6.72. The van der Waals surface area contributed by atoms with E-state index in [9.17, 15) is 15.0 Å². The van der Waals surface area contributed by atoms with Crippen molar-refractivity contribution in [1.29, 1.82) is 0 Å². The fourth-order valence-corrected chi connectivity index (χ4v) is 6.14. The second-order valence-corrected chi connectivity index (χ2v) is 11.1. The number of ether oxygens (including phenoxy) is 2. The average Bonchev–Trinajstić information content (AvgIpc) is 2.94. The number of hydrogen-bond donors (Lipinski definition) is 3. The van der Waals surface area contributed by atoms with Gasteiger partial charge in [0.15, 0.2) is 0 Å². The molecule has 0 bridgehead atoms. The van der Waals surface area contributed by atoms with Crippen molar-refractivity contribution < 1.29 is 24.5 Å². The van der Waals surface area contributed by atoms with Gasteiger partial charge in [-0.3, -0.25) is 4.79 Å². The maximum Gasteiger partial charge on any atom is 0.225 e. The van der Waals surface area contributed by atoms with Crippen LogP contribution in [0.15, 0.2) is 48.5 Å². The number of para-hydroxylation sites is 2. The number of unbranched alkanes of at least 4 members (excludes halogenated alkanes) is 1. The summed E-state index contributed by atoms with van der Waals surface area (Å²) in [6.07, 6.45) is 5.04. The van der Waals surface area contributed by atoms with Gasteiger partial charge in [-0.15, -0.1) is 0 Å². The molecule has 2 aromatic rings. The first-order valence-electron chi connectivity index (χ1n) is 14.1. The molecule has 2 aliphatic rings. The van der Waals surface area contributed by atoms with Crippen molar-refractivity contribution >= 4 is 5.91 Å². The summed E-state index contributed by atoms with van der Waals surface area (Å²) >= 11 is 0. The third-order valence-electron chi connectivity index (χ3n) is 8.44. The van der Waals surface area contributed by atoms with Crippen LogP contribution in [0.25, 0.3) is 0 Å². The van der Waals surface area contributed by atoms with E-state index in [4.69, 9.17) is 15.2 Å². The van der Waals surface area contributed by atoms with Crippen LogP contribution in [0.1, 0.15) is 62.5 Å². The summed E-state index contributed by atoms with van der Waals surface area (Å²) in [5.74, 6) is 1.21. The molecule has 2 unspecified atom stereocenters. The molecule has 0 spiro atoms. The number of nitrogens with two attached hydrogens (primary N) is 1. The number of carbonyl (C=O) groups is 1. The third-order valence-corrected chi connectivity index (χ3v) is 8.44.